The quantitative estimate of drug-likeness (QED) is 0.823. The van der Waals surface area contributed by atoms with Gasteiger partial charge in [-0.15, -0.1) is 0 Å². The van der Waals surface area contributed by atoms with E-state index in [9.17, 15) is 13.2 Å². The minimum atomic E-state index is -3.80. The van der Waals surface area contributed by atoms with Crippen molar-refractivity contribution >= 4 is 38.9 Å². The maximum Gasteiger partial charge on any atom is 0.262 e. The molecule has 0 aliphatic carbocycles. The zero-order valence-electron chi connectivity index (χ0n) is 14.6. The third kappa shape index (κ3) is 4.96. The molecule has 2 rings (SSSR count). The number of benzene rings is 2. The van der Waals surface area contributed by atoms with Crippen LogP contribution in [0.1, 0.15) is 26.3 Å². The van der Waals surface area contributed by atoms with Gasteiger partial charge in [0.25, 0.3) is 10.0 Å². The Kier molecular flexibility index (Phi) is 5.44. The number of hydrogen-bond acceptors (Lipinski definition) is 3. The summed E-state index contributed by atoms with van der Waals surface area (Å²) >= 11 is 5.81. The first-order chi connectivity index (χ1) is 11.5. The van der Waals surface area contributed by atoms with Gasteiger partial charge < -0.3 is 5.32 Å². The second-order valence-corrected chi connectivity index (χ2v) is 8.88. The Labute approximate surface area is 153 Å². The molecule has 0 saturated carbocycles. The van der Waals surface area contributed by atoms with Crippen molar-refractivity contribution in [3.8, 4) is 0 Å². The number of hydrogen-bond donors (Lipinski definition) is 2. The molecule has 0 atom stereocenters. The molecule has 0 aliphatic rings. The monoisotopic (exact) mass is 380 g/mol. The summed E-state index contributed by atoms with van der Waals surface area (Å²) in [6.45, 7) is 7.06. The Bertz CT molecular complexity index is 886. The third-order valence-electron chi connectivity index (χ3n) is 3.51. The van der Waals surface area contributed by atoms with Crippen LogP contribution in [-0.4, -0.2) is 14.3 Å². The van der Waals surface area contributed by atoms with Gasteiger partial charge in [-0.3, -0.25) is 9.52 Å². The van der Waals surface area contributed by atoms with Gasteiger partial charge in [0.15, 0.2) is 0 Å². The molecule has 1 amide bonds. The topological polar surface area (TPSA) is 75.3 Å². The first-order valence-corrected chi connectivity index (χ1v) is 9.56. The maximum absolute atomic E-state index is 12.7. The zero-order valence-corrected chi connectivity index (χ0v) is 16.1. The summed E-state index contributed by atoms with van der Waals surface area (Å²) in [7, 11) is -3.80. The van der Waals surface area contributed by atoms with Crippen molar-refractivity contribution in [1.29, 1.82) is 0 Å². The van der Waals surface area contributed by atoms with Gasteiger partial charge in [0.1, 0.15) is 0 Å². The summed E-state index contributed by atoms with van der Waals surface area (Å²) in [6, 6.07) is 11.2. The van der Waals surface area contributed by atoms with E-state index in [0.29, 0.717) is 22.0 Å². The number of nitrogens with one attached hydrogen (secondary N) is 2. The molecule has 2 aromatic carbocycles. The van der Waals surface area contributed by atoms with Crippen LogP contribution in [-0.2, 0) is 14.8 Å². The number of sulfonamides is 1. The second kappa shape index (κ2) is 7.06. The fraction of sp³-hybridized carbons (Fsp3) is 0.278. The molecule has 0 fully saturated rings. The molecule has 134 valence electrons. The Morgan fingerprint density at radius 1 is 1.00 bits per heavy atom. The molecule has 25 heavy (non-hydrogen) atoms. The van der Waals surface area contributed by atoms with Crippen molar-refractivity contribution in [3.63, 3.8) is 0 Å². The van der Waals surface area contributed by atoms with Crippen LogP contribution < -0.4 is 10.0 Å². The largest absolute Gasteiger partial charge is 0.326 e. The number of carbonyl (C=O) groups excluding carboxylic acids is 1. The molecule has 2 N–H and O–H groups in total. The predicted octanol–water partition coefficient (Wildman–Crippen LogP) is 4.43. The van der Waals surface area contributed by atoms with Gasteiger partial charge in [-0.25, -0.2) is 8.42 Å². The van der Waals surface area contributed by atoms with E-state index in [-0.39, 0.29) is 10.8 Å². The van der Waals surface area contributed by atoms with Gasteiger partial charge >= 0.3 is 0 Å². The van der Waals surface area contributed by atoms with Crippen LogP contribution >= 0.6 is 11.6 Å². The lowest BCUT2D eigenvalue weighted by molar-refractivity contribution is -0.123. The lowest BCUT2D eigenvalue weighted by atomic mass is 9.95. The van der Waals surface area contributed by atoms with Gasteiger partial charge in [-0.1, -0.05) is 38.4 Å². The Balaban J connectivity index is 2.32. The summed E-state index contributed by atoms with van der Waals surface area (Å²) in [4.78, 5) is 12.2. The van der Waals surface area contributed by atoms with Crippen LogP contribution in [0.3, 0.4) is 0 Å². The molecule has 0 saturated heterocycles. The number of amides is 1. The van der Waals surface area contributed by atoms with Gasteiger partial charge in [-0.2, -0.15) is 0 Å². The summed E-state index contributed by atoms with van der Waals surface area (Å²) in [5, 5.41) is 3.26. The highest BCUT2D eigenvalue weighted by molar-refractivity contribution is 7.92. The fourth-order valence-electron chi connectivity index (χ4n) is 2.01. The Hall–Kier alpha value is -2.05. The van der Waals surface area contributed by atoms with Crippen LogP contribution in [0, 0.1) is 12.3 Å². The van der Waals surface area contributed by atoms with Crippen LogP contribution in [0.15, 0.2) is 47.4 Å². The summed E-state index contributed by atoms with van der Waals surface area (Å²) in [5.41, 5.74) is 0.844. The molecular formula is C18H21ClN2O3S. The van der Waals surface area contributed by atoms with Gasteiger partial charge in [0.05, 0.1) is 4.90 Å². The standard InChI is InChI=1S/C18H21ClN2O3S/c1-12-5-8-15(20-17(22)18(2,3)4)11-16(12)25(23,24)21-14-9-6-13(19)7-10-14/h5-11,21H,1-4H3,(H,20,22). The molecular weight excluding hydrogens is 360 g/mol. The molecule has 0 heterocycles. The van der Waals surface area contributed by atoms with Crippen molar-refractivity contribution in [2.24, 2.45) is 5.41 Å². The van der Waals surface area contributed by atoms with E-state index in [2.05, 4.69) is 10.0 Å². The smallest absolute Gasteiger partial charge is 0.262 e. The molecule has 0 aromatic heterocycles. The van der Waals surface area contributed by atoms with E-state index in [1.165, 1.54) is 6.07 Å². The minimum Gasteiger partial charge on any atom is -0.326 e. The average molecular weight is 381 g/mol. The first kappa shape index (κ1) is 19.3. The first-order valence-electron chi connectivity index (χ1n) is 7.69. The molecule has 7 heteroatoms. The van der Waals surface area contributed by atoms with Gasteiger partial charge in [0.2, 0.25) is 5.91 Å². The summed E-state index contributed by atoms with van der Waals surface area (Å²) in [6.07, 6.45) is 0. The third-order valence-corrected chi connectivity index (χ3v) is 5.29. The van der Waals surface area contributed by atoms with Crippen LogP contribution in [0.25, 0.3) is 0 Å². The zero-order chi connectivity index (χ0) is 18.8. The van der Waals surface area contributed by atoms with Crippen LogP contribution in [0.2, 0.25) is 5.02 Å². The van der Waals surface area contributed by atoms with E-state index >= 15 is 0 Å². The maximum atomic E-state index is 12.7. The number of aryl methyl sites for hydroxylation is 1. The molecule has 5 nitrogen and oxygen atoms in total. The molecule has 0 unspecified atom stereocenters. The lowest BCUT2D eigenvalue weighted by Gasteiger charge is -2.18. The fourth-order valence-corrected chi connectivity index (χ4v) is 3.47. The highest BCUT2D eigenvalue weighted by Crippen LogP contribution is 2.25. The predicted molar refractivity (Wildman–Crippen MR) is 102 cm³/mol. The molecule has 0 radical (unpaired) electrons. The lowest BCUT2D eigenvalue weighted by Crippen LogP contribution is -2.27. The number of halogens is 1. The number of rotatable bonds is 4. The number of carbonyl (C=O) groups is 1. The summed E-state index contributed by atoms with van der Waals surface area (Å²) in [5.74, 6) is -0.189. The van der Waals surface area contributed by atoms with E-state index in [1.54, 1.807) is 64.1 Å². The van der Waals surface area contributed by atoms with E-state index in [1.807, 2.05) is 0 Å². The highest BCUT2D eigenvalue weighted by atomic mass is 35.5. The Morgan fingerprint density at radius 3 is 2.12 bits per heavy atom. The van der Waals surface area contributed by atoms with E-state index in [0.717, 1.165) is 0 Å². The normalized spacial score (nSPS) is 11.9. The minimum absolute atomic E-state index is 0.106. The van der Waals surface area contributed by atoms with Crippen molar-refractivity contribution < 1.29 is 13.2 Å². The van der Waals surface area contributed by atoms with Crippen LogP contribution in [0.5, 0.6) is 0 Å². The average Bonchev–Trinajstić information content (AvgIpc) is 2.50. The SMILES string of the molecule is Cc1ccc(NC(=O)C(C)(C)C)cc1S(=O)(=O)Nc1ccc(Cl)cc1. The van der Waals surface area contributed by atoms with Crippen molar-refractivity contribution in [2.75, 3.05) is 10.0 Å². The molecule has 0 aliphatic heterocycles. The van der Waals surface area contributed by atoms with Crippen molar-refractivity contribution in [2.45, 2.75) is 32.6 Å². The van der Waals surface area contributed by atoms with E-state index < -0.39 is 15.4 Å². The van der Waals surface area contributed by atoms with Crippen LogP contribution in [0.4, 0.5) is 11.4 Å². The van der Waals surface area contributed by atoms with Gasteiger partial charge in [0, 0.05) is 21.8 Å². The van der Waals surface area contributed by atoms with Crippen molar-refractivity contribution in [3.05, 3.63) is 53.1 Å². The summed E-state index contributed by atoms with van der Waals surface area (Å²) < 4.78 is 27.9. The van der Waals surface area contributed by atoms with Gasteiger partial charge in [-0.05, 0) is 48.9 Å². The highest BCUT2D eigenvalue weighted by Gasteiger charge is 2.23. The molecule has 2 aromatic rings. The van der Waals surface area contributed by atoms with E-state index in [4.69, 9.17) is 11.6 Å². The Morgan fingerprint density at radius 2 is 1.56 bits per heavy atom. The second-order valence-electron chi connectivity index (χ2n) is 6.80. The molecule has 0 bridgehead atoms. The molecule has 0 spiro atoms. The number of anilines is 2. The van der Waals surface area contributed by atoms with Crippen molar-refractivity contribution in [1.82, 2.24) is 0 Å².